The first kappa shape index (κ1) is 15.1. The van der Waals surface area contributed by atoms with Gasteiger partial charge in [-0.15, -0.1) is 0 Å². The Morgan fingerprint density at radius 3 is 2.83 bits per heavy atom. The van der Waals surface area contributed by atoms with E-state index in [1.165, 1.54) is 0 Å². The van der Waals surface area contributed by atoms with Crippen LogP contribution in [0.5, 0.6) is 0 Å². The van der Waals surface area contributed by atoms with Gasteiger partial charge in [0.25, 0.3) is 0 Å². The number of fused-ring (bicyclic) bond motifs is 3. The van der Waals surface area contributed by atoms with Crippen molar-refractivity contribution in [3.8, 4) is 6.07 Å². The molecule has 124 valence electrons. The summed E-state index contributed by atoms with van der Waals surface area (Å²) in [4.78, 5) is 12.0. The molecule has 0 bridgehead atoms. The zero-order valence-electron chi connectivity index (χ0n) is 13.5. The number of nitriles is 1. The van der Waals surface area contributed by atoms with E-state index in [4.69, 9.17) is 5.73 Å². The van der Waals surface area contributed by atoms with E-state index in [-0.39, 0.29) is 12.1 Å². The van der Waals surface area contributed by atoms with E-state index in [9.17, 15) is 10.4 Å². The molecule has 0 unspecified atom stereocenters. The molecule has 0 saturated heterocycles. The van der Waals surface area contributed by atoms with Crippen LogP contribution < -0.4 is 5.73 Å². The van der Waals surface area contributed by atoms with Crippen LogP contribution in [0.15, 0.2) is 12.4 Å². The molecule has 0 aliphatic heterocycles. The molecule has 3 aromatic rings. The number of imidazole rings is 1. The van der Waals surface area contributed by atoms with E-state index in [2.05, 4.69) is 25.6 Å². The number of rotatable bonds is 2. The van der Waals surface area contributed by atoms with Gasteiger partial charge in [-0.25, -0.2) is 9.97 Å². The maximum Gasteiger partial charge on any atom is 0.140 e. The van der Waals surface area contributed by atoms with Crippen LogP contribution >= 0.6 is 0 Å². The summed E-state index contributed by atoms with van der Waals surface area (Å²) in [5.74, 6) is 0.630. The Bertz CT molecular complexity index is 939. The van der Waals surface area contributed by atoms with Crippen molar-refractivity contribution < 1.29 is 5.11 Å². The van der Waals surface area contributed by atoms with Crippen LogP contribution in [0, 0.1) is 11.3 Å². The molecule has 0 amide bonds. The van der Waals surface area contributed by atoms with Crippen molar-refractivity contribution in [3.63, 3.8) is 0 Å². The first-order chi connectivity index (χ1) is 11.6. The Balaban J connectivity index is 2.02. The van der Waals surface area contributed by atoms with Gasteiger partial charge in [-0.05, 0) is 32.6 Å². The molecule has 24 heavy (non-hydrogen) atoms. The first-order valence-corrected chi connectivity index (χ1v) is 8.31. The van der Waals surface area contributed by atoms with Crippen molar-refractivity contribution in [1.82, 2.24) is 19.5 Å². The summed E-state index contributed by atoms with van der Waals surface area (Å²) in [6.45, 7) is 1.72. The van der Waals surface area contributed by atoms with Crippen molar-refractivity contribution in [3.05, 3.63) is 23.8 Å². The third kappa shape index (κ3) is 2.19. The summed E-state index contributed by atoms with van der Waals surface area (Å²) < 4.78 is 2.12. The number of nitrogens with one attached hydrogen (secondary N) is 1. The van der Waals surface area contributed by atoms with E-state index in [1.54, 1.807) is 19.3 Å². The highest BCUT2D eigenvalue weighted by Crippen LogP contribution is 2.36. The number of nitrogens with zero attached hydrogens (tertiary/aromatic N) is 4. The minimum atomic E-state index is -0.687. The highest BCUT2D eigenvalue weighted by molar-refractivity contribution is 6.04. The Morgan fingerprint density at radius 2 is 2.17 bits per heavy atom. The topological polar surface area (TPSA) is 117 Å². The van der Waals surface area contributed by atoms with Crippen molar-refractivity contribution in [2.75, 3.05) is 0 Å². The summed E-state index contributed by atoms with van der Waals surface area (Å²) >= 11 is 0. The predicted molar refractivity (Wildman–Crippen MR) is 90.2 cm³/mol. The zero-order valence-corrected chi connectivity index (χ0v) is 13.5. The number of hydrogen-bond acceptors (Lipinski definition) is 5. The van der Waals surface area contributed by atoms with E-state index in [1.807, 2.05) is 0 Å². The van der Waals surface area contributed by atoms with Crippen LogP contribution in [0.3, 0.4) is 0 Å². The minimum absolute atomic E-state index is 0.228. The van der Waals surface area contributed by atoms with Crippen LogP contribution in [-0.4, -0.2) is 30.7 Å². The number of aliphatic hydroxyl groups is 1. The predicted octanol–water partition coefficient (Wildman–Crippen LogP) is 2.28. The molecular weight excluding hydrogens is 304 g/mol. The van der Waals surface area contributed by atoms with Crippen LogP contribution in [0.4, 0.5) is 0 Å². The summed E-state index contributed by atoms with van der Waals surface area (Å²) in [5, 5.41) is 20.5. The number of aliphatic hydroxyl groups excluding tert-OH is 1. The second-order valence-corrected chi connectivity index (χ2v) is 6.61. The van der Waals surface area contributed by atoms with E-state index in [0.717, 1.165) is 36.6 Å². The number of H-pyrrole nitrogens is 1. The van der Waals surface area contributed by atoms with Gasteiger partial charge >= 0.3 is 0 Å². The molecular formula is C17H20N6O. The monoisotopic (exact) mass is 324 g/mol. The highest BCUT2D eigenvalue weighted by atomic mass is 16.3. The SMILES string of the molecule is C[C@@H](O)c1nc2cnc3[nH]cc(C#N)c3c2n1[C@H]1CC[C@H](N)CC1. The fraction of sp³-hybridized carbons (Fsp3) is 0.471. The van der Waals surface area contributed by atoms with Crippen LogP contribution in [0.1, 0.15) is 56.1 Å². The normalized spacial score (nSPS) is 22.8. The lowest BCUT2D eigenvalue weighted by molar-refractivity contribution is 0.177. The largest absolute Gasteiger partial charge is 0.385 e. The summed E-state index contributed by atoms with van der Waals surface area (Å²) in [6, 6.07) is 2.70. The smallest absolute Gasteiger partial charge is 0.140 e. The molecule has 0 spiro atoms. The lowest BCUT2D eigenvalue weighted by atomic mass is 9.91. The summed E-state index contributed by atoms with van der Waals surface area (Å²) in [6.07, 6.45) is 6.49. The molecule has 3 aromatic heterocycles. The Hall–Kier alpha value is -2.43. The zero-order chi connectivity index (χ0) is 16.8. The fourth-order valence-electron chi connectivity index (χ4n) is 3.80. The van der Waals surface area contributed by atoms with E-state index < -0.39 is 6.10 Å². The molecule has 7 heteroatoms. The number of hydrogen-bond donors (Lipinski definition) is 3. The lowest BCUT2D eigenvalue weighted by Crippen LogP contribution is -2.28. The standard InChI is InChI=1S/C17H20N6O/c1-9(24)17-22-13-8-21-16-14(10(6-18)7-20-16)15(13)23(17)12-4-2-11(19)3-5-12/h7-9,11-12,24H,2-5,19H2,1H3,(H,20,21)/t9-,11-,12-/m1/s1. The first-order valence-electron chi connectivity index (χ1n) is 8.31. The maximum atomic E-state index is 10.2. The van der Waals surface area contributed by atoms with Crippen molar-refractivity contribution in [1.29, 1.82) is 5.26 Å². The van der Waals surface area contributed by atoms with Gasteiger partial charge in [0.1, 0.15) is 29.2 Å². The third-order valence-corrected chi connectivity index (χ3v) is 4.98. The maximum absolute atomic E-state index is 10.2. The van der Waals surface area contributed by atoms with E-state index >= 15 is 0 Å². The van der Waals surface area contributed by atoms with Crippen molar-refractivity contribution in [2.45, 2.75) is 50.8 Å². The Labute approximate surface area is 139 Å². The molecule has 0 radical (unpaired) electrons. The van der Waals surface area contributed by atoms with Gasteiger partial charge in [0.15, 0.2) is 0 Å². The van der Waals surface area contributed by atoms with Gasteiger partial charge < -0.3 is 20.4 Å². The average molecular weight is 324 g/mol. The molecule has 7 nitrogen and oxygen atoms in total. The lowest BCUT2D eigenvalue weighted by Gasteiger charge is -2.29. The molecule has 0 aromatic carbocycles. The third-order valence-electron chi connectivity index (χ3n) is 4.98. The molecule has 4 rings (SSSR count). The minimum Gasteiger partial charge on any atom is -0.385 e. The van der Waals surface area contributed by atoms with Gasteiger partial charge in [0.05, 0.1) is 22.7 Å². The molecule has 1 aliphatic carbocycles. The van der Waals surface area contributed by atoms with Crippen LogP contribution in [-0.2, 0) is 0 Å². The molecule has 1 saturated carbocycles. The molecule has 3 heterocycles. The van der Waals surface area contributed by atoms with Crippen molar-refractivity contribution in [2.24, 2.45) is 5.73 Å². The quantitative estimate of drug-likeness (QED) is 0.668. The van der Waals surface area contributed by atoms with Gasteiger partial charge in [0, 0.05) is 18.3 Å². The Morgan fingerprint density at radius 1 is 1.42 bits per heavy atom. The number of aromatic nitrogens is 4. The molecule has 1 aliphatic rings. The number of nitrogens with two attached hydrogens (primary N) is 1. The number of aromatic amines is 1. The van der Waals surface area contributed by atoms with Crippen LogP contribution in [0.2, 0.25) is 0 Å². The Kier molecular flexibility index (Phi) is 3.52. The molecule has 1 atom stereocenters. The average Bonchev–Trinajstić information content (AvgIpc) is 3.16. The van der Waals surface area contributed by atoms with Gasteiger partial charge in [-0.1, -0.05) is 0 Å². The van der Waals surface area contributed by atoms with Gasteiger partial charge in [-0.3, -0.25) is 0 Å². The summed E-state index contributed by atoms with van der Waals surface area (Å²) in [7, 11) is 0. The summed E-state index contributed by atoms with van der Waals surface area (Å²) in [5.41, 5.74) is 8.87. The van der Waals surface area contributed by atoms with E-state index in [0.29, 0.717) is 22.6 Å². The fourth-order valence-corrected chi connectivity index (χ4v) is 3.80. The molecule has 1 fully saturated rings. The highest BCUT2D eigenvalue weighted by Gasteiger charge is 2.27. The van der Waals surface area contributed by atoms with Gasteiger partial charge in [-0.2, -0.15) is 5.26 Å². The second-order valence-electron chi connectivity index (χ2n) is 6.61. The number of pyridine rings is 1. The van der Waals surface area contributed by atoms with Crippen molar-refractivity contribution >= 4 is 22.1 Å². The second kappa shape index (κ2) is 5.58. The van der Waals surface area contributed by atoms with Gasteiger partial charge in [0.2, 0.25) is 0 Å². The molecule has 4 N–H and O–H groups in total. The van der Waals surface area contributed by atoms with Crippen LogP contribution in [0.25, 0.3) is 22.1 Å².